The summed E-state index contributed by atoms with van der Waals surface area (Å²) in [6, 6.07) is 5.26. The lowest BCUT2D eigenvalue weighted by atomic mass is 9.67. The van der Waals surface area contributed by atoms with Gasteiger partial charge in [0.1, 0.15) is 17.9 Å². The van der Waals surface area contributed by atoms with Crippen molar-refractivity contribution in [1.29, 1.82) is 0 Å². The molecule has 4 rings (SSSR count). The lowest BCUT2D eigenvalue weighted by Gasteiger charge is -2.42. The molecule has 1 aliphatic heterocycles. The summed E-state index contributed by atoms with van der Waals surface area (Å²) in [7, 11) is 0. The zero-order chi connectivity index (χ0) is 19.2. The third-order valence-corrected chi connectivity index (χ3v) is 5.85. The van der Waals surface area contributed by atoms with Crippen LogP contribution in [-0.4, -0.2) is 32.5 Å². The molecular formula is C19H21FN4O3. The first-order chi connectivity index (χ1) is 12.9. The first kappa shape index (κ1) is 17.6. The molecular weight excluding hydrogens is 351 g/mol. The van der Waals surface area contributed by atoms with Crippen LogP contribution in [0.4, 0.5) is 9.18 Å². The number of urea groups is 1. The van der Waals surface area contributed by atoms with Gasteiger partial charge in [0.2, 0.25) is 11.7 Å². The molecule has 3 amide bonds. The zero-order valence-corrected chi connectivity index (χ0v) is 15.2. The highest BCUT2D eigenvalue weighted by Crippen LogP contribution is 2.42. The normalized spacial score (nSPS) is 24.5. The van der Waals surface area contributed by atoms with Gasteiger partial charge in [0.25, 0.3) is 5.91 Å². The highest BCUT2D eigenvalue weighted by molar-refractivity contribution is 6.07. The number of benzene rings is 1. The molecule has 0 bridgehead atoms. The predicted molar refractivity (Wildman–Crippen MR) is 93.7 cm³/mol. The molecule has 2 aromatic rings. The van der Waals surface area contributed by atoms with Gasteiger partial charge < -0.3 is 9.84 Å². The number of imide groups is 1. The smallest absolute Gasteiger partial charge is 0.325 e. The lowest BCUT2D eigenvalue weighted by Crippen LogP contribution is -2.58. The number of nitrogens with one attached hydrogen (secondary N) is 1. The van der Waals surface area contributed by atoms with Gasteiger partial charge in [0, 0.05) is 5.56 Å². The van der Waals surface area contributed by atoms with E-state index >= 15 is 0 Å². The van der Waals surface area contributed by atoms with Crippen LogP contribution in [0, 0.1) is 17.7 Å². The van der Waals surface area contributed by atoms with E-state index < -0.39 is 11.6 Å². The Hall–Kier alpha value is -2.77. The first-order valence-corrected chi connectivity index (χ1v) is 9.14. The van der Waals surface area contributed by atoms with Crippen molar-refractivity contribution in [3.05, 3.63) is 36.0 Å². The van der Waals surface area contributed by atoms with E-state index in [9.17, 15) is 14.0 Å². The number of aromatic nitrogens is 2. The van der Waals surface area contributed by atoms with Gasteiger partial charge in [-0.3, -0.25) is 9.69 Å². The number of halogens is 1. The summed E-state index contributed by atoms with van der Waals surface area (Å²) < 4.78 is 18.3. The van der Waals surface area contributed by atoms with Crippen LogP contribution in [-0.2, 0) is 11.3 Å². The van der Waals surface area contributed by atoms with E-state index in [0.717, 1.165) is 24.2 Å². The van der Waals surface area contributed by atoms with Crippen LogP contribution >= 0.6 is 0 Å². The van der Waals surface area contributed by atoms with Crippen LogP contribution in [0.25, 0.3) is 11.4 Å². The molecule has 2 heterocycles. The minimum atomic E-state index is -0.852. The van der Waals surface area contributed by atoms with Gasteiger partial charge in [0.15, 0.2) is 0 Å². The SMILES string of the molecule is C[C@@H]1CCC[C@@H](C)C12NC(=O)N(Cc1nc(-c3ccc(F)cc3)no1)C2=O. The molecule has 1 saturated carbocycles. The molecule has 2 aliphatic rings. The fourth-order valence-corrected chi connectivity index (χ4v) is 4.27. The number of hydrogen-bond acceptors (Lipinski definition) is 5. The minimum Gasteiger partial charge on any atom is -0.337 e. The molecule has 1 saturated heterocycles. The summed E-state index contributed by atoms with van der Waals surface area (Å²) in [5.41, 5.74) is -0.260. The van der Waals surface area contributed by atoms with Crippen LogP contribution in [0.1, 0.15) is 39.0 Å². The van der Waals surface area contributed by atoms with Crippen molar-refractivity contribution in [1.82, 2.24) is 20.4 Å². The lowest BCUT2D eigenvalue weighted by molar-refractivity contribution is -0.137. The number of nitrogens with zero attached hydrogens (tertiary/aromatic N) is 3. The van der Waals surface area contributed by atoms with Gasteiger partial charge in [-0.05, 0) is 48.9 Å². The van der Waals surface area contributed by atoms with E-state index in [1.807, 2.05) is 13.8 Å². The maximum atomic E-state index is 13.1. The van der Waals surface area contributed by atoms with E-state index in [2.05, 4.69) is 15.5 Å². The fourth-order valence-electron chi connectivity index (χ4n) is 4.27. The number of amides is 3. The van der Waals surface area contributed by atoms with Gasteiger partial charge in [-0.25, -0.2) is 9.18 Å². The van der Waals surface area contributed by atoms with Crippen LogP contribution in [0.2, 0.25) is 0 Å². The van der Waals surface area contributed by atoms with Crippen LogP contribution in [0.3, 0.4) is 0 Å². The summed E-state index contributed by atoms with van der Waals surface area (Å²) in [6.07, 6.45) is 2.86. The van der Waals surface area contributed by atoms with E-state index in [-0.39, 0.29) is 41.8 Å². The Balaban J connectivity index is 1.56. The fraction of sp³-hybridized carbons (Fsp3) is 0.474. The highest BCUT2D eigenvalue weighted by Gasteiger charge is 2.58. The Morgan fingerprint density at radius 2 is 1.89 bits per heavy atom. The monoisotopic (exact) mass is 372 g/mol. The van der Waals surface area contributed by atoms with E-state index in [1.54, 1.807) is 0 Å². The molecule has 1 N–H and O–H groups in total. The molecule has 142 valence electrons. The third-order valence-electron chi connectivity index (χ3n) is 5.85. The van der Waals surface area contributed by atoms with E-state index in [0.29, 0.717) is 5.56 Å². The summed E-state index contributed by atoms with van der Waals surface area (Å²) >= 11 is 0. The second-order valence-electron chi connectivity index (χ2n) is 7.44. The Labute approximate surface area is 155 Å². The molecule has 7 nitrogen and oxygen atoms in total. The van der Waals surface area contributed by atoms with Crippen molar-refractivity contribution in [3.8, 4) is 11.4 Å². The summed E-state index contributed by atoms with van der Waals surface area (Å²) in [5.74, 6) is -0.00552. The second-order valence-corrected chi connectivity index (χ2v) is 7.44. The third kappa shape index (κ3) is 2.79. The standard InChI is InChI=1S/C19H21FN4O3/c1-11-4-3-5-12(2)19(11)17(25)24(18(26)22-19)10-15-21-16(23-27-15)13-6-8-14(20)9-7-13/h6-9,11-12H,3-5,10H2,1-2H3,(H,22,26)/t11-,12-/m1/s1. The van der Waals surface area contributed by atoms with E-state index in [1.165, 1.54) is 24.3 Å². The molecule has 8 heteroatoms. The minimum absolute atomic E-state index is 0.0696. The Morgan fingerprint density at radius 3 is 2.56 bits per heavy atom. The Bertz CT molecular complexity index is 869. The molecule has 0 unspecified atom stereocenters. The average Bonchev–Trinajstić information content (AvgIpc) is 3.20. The van der Waals surface area contributed by atoms with Crippen LogP contribution in [0.15, 0.2) is 28.8 Å². The maximum Gasteiger partial charge on any atom is 0.325 e. The number of carbonyl (C=O) groups is 2. The topological polar surface area (TPSA) is 88.3 Å². The van der Waals surface area contributed by atoms with Crippen molar-refractivity contribution in [2.75, 3.05) is 0 Å². The van der Waals surface area contributed by atoms with Crippen LogP contribution < -0.4 is 5.32 Å². The van der Waals surface area contributed by atoms with Gasteiger partial charge in [0.05, 0.1) is 0 Å². The number of hydrogen-bond donors (Lipinski definition) is 1. The van der Waals surface area contributed by atoms with Crippen molar-refractivity contribution < 1.29 is 18.5 Å². The van der Waals surface area contributed by atoms with Crippen LogP contribution in [0.5, 0.6) is 0 Å². The Kier molecular flexibility index (Phi) is 4.20. The van der Waals surface area contributed by atoms with E-state index in [4.69, 9.17) is 4.52 Å². The second kappa shape index (κ2) is 6.44. The molecule has 2 atom stereocenters. The number of carbonyl (C=O) groups excluding carboxylic acids is 2. The Morgan fingerprint density at radius 1 is 1.22 bits per heavy atom. The van der Waals surface area contributed by atoms with Crippen molar-refractivity contribution >= 4 is 11.9 Å². The van der Waals surface area contributed by atoms with Gasteiger partial charge in [-0.1, -0.05) is 25.4 Å². The van der Waals surface area contributed by atoms with Gasteiger partial charge in [-0.2, -0.15) is 4.98 Å². The largest absolute Gasteiger partial charge is 0.337 e. The quantitative estimate of drug-likeness (QED) is 0.837. The molecule has 1 aromatic heterocycles. The number of rotatable bonds is 3. The highest BCUT2D eigenvalue weighted by atomic mass is 19.1. The molecule has 1 spiro atoms. The summed E-state index contributed by atoms with van der Waals surface area (Å²) in [5, 5.41) is 6.80. The zero-order valence-electron chi connectivity index (χ0n) is 15.2. The van der Waals surface area contributed by atoms with Gasteiger partial charge >= 0.3 is 6.03 Å². The van der Waals surface area contributed by atoms with Gasteiger partial charge in [-0.15, -0.1) is 0 Å². The summed E-state index contributed by atoms with van der Waals surface area (Å²) in [4.78, 5) is 31.1. The molecule has 0 radical (unpaired) electrons. The maximum absolute atomic E-state index is 13.1. The molecule has 27 heavy (non-hydrogen) atoms. The van der Waals surface area contributed by atoms with Crippen molar-refractivity contribution in [2.24, 2.45) is 11.8 Å². The van der Waals surface area contributed by atoms with Crippen molar-refractivity contribution in [3.63, 3.8) is 0 Å². The first-order valence-electron chi connectivity index (χ1n) is 9.14. The molecule has 2 fully saturated rings. The van der Waals surface area contributed by atoms with Crippen molar-refractivity contribution in [2.45, 2.75) is 45.2 Å². The molecule has 1 aliphatic carbocycles. The molecule has 1 aromatic carbocycles. The summed E-state index contributed by atoms with van der Waals surface area (Å²) in [6.45, 7) is 3.94. The predicted octanol–water partition coefficient (Wildman–Crippen LogP) is 3.12. The average molecular weight is 372 g/mol.